The van der Waals surface area contributed by atoms with Gasteiger partial charge in [0, 0.05) is 18.8 Å². The summed E-state index contributed by atoms with van der Waals surface area (Å²) in [7, 11) is 0. The number of hydrogen-bond acceptors (Lipinski definition) is 5. The highest BCUT2D eigenvalue weighted by Gasteiger charge is 2.28. The van der Waals surface area contributed by atoms with Crippen LogP contribution in [0.5, 0.6) is 0 Å². The normalized spacial score (nSPS) is 13.9. The first-order chi connectivity index (χ1) is 20.5. The van der Waals surface area contributed by atoms with E-state index in [4.69, 9.17) is 5.11 Å². The van der Waals surface area contributed by atoms with Gasteiger partial charge < -0.3 is 15.3 Å². The monoisotopic (exact) mass is 595 g/mol. The van der Waals surface area contributed by atoms with Crippen LogP contribution in [0.15, 0.2) is 12.2 Å². The Morgan fingerprint density at radius 3 is 1.40 bits per heavy atom. The van der Waals surface area contributed by atoms with E-state index in [1.807, 2.05) is 0 Å². The topological polar surface area (TPSA) is 94.8 Å². The van der Waals surface area contributed by atoms with E-state index in [9.17, 15) is 19.8 Å². The number of hydrogen-bond donors (Lipinski definition) is 3. The van der Waals surface area contributed by atoms with Crippen LogP contribution in [0.2, 0.25) is 0 Å². The van der Waals surface area contributed by atoms with Crippen molar-refractivity contribution in [3.05, 3.63) is 12.2 Å². The first-order valence-corrected chi connectivity index (χ1v) is 18.1. The Kier molecular flexibility index (Phi) is 30.6. The second-order valence-corrected chi connectivity index (χ2v) is 12.7. The molecule has 0 aliphatic carbocycles. The Morgan fingerprint density at radius 2 is 0.952 bits per heavy atom. The van der Waals surface area contributed by atoms with Gasteiger partial charge in [0.05, 0.1) is 6.61 Å². The Labute approximate surface area is 260 Å². The first-order valence-electron chi connectivity index (χ1n) is 18.1. The molecule has 0 radical (unpaired) electrons. The molecule has 0 saturated carbocycles. The van der Waals surface area contributed by atoms with Crippen molar-refractivity contribution < 1.29 is 24.9 Å². The Balaban J connectivity index is 4.23. The van der Waals surface area contributed by atoms with Crippen molar-refractivity contribution in [3.63, 3.8) is 0 Å². The van der Waals surface area contributed by atoms with Crippen LogP contribution in [0.3, 0.4) is 0 Å². The number of ketones is 2. The zero-order valence-electron chi connectivity index (χ0n) is 27.8. The average molecular weight is 595 g/mol. The van der Waals surface area contributed by atoms with Crippen LogP contribution in [-0.2, 0) is 9.59 Å². The predicted molar refractivity (Wildman–Crippen MR) is 178 cm³/mol. The van der Waals surface area contributed by atoms with Gasteiger partial charge in [-0.05, 0) is 38.5 Å². The number of aliphatic hydroxyl groups excluding tert-OH is 3. The van der Waals surface area contributed by atoms with Gasteiger partial charge in [-0.3, -0.25) is 9.59 Å². The highest BCUT2D eigenvalue weighted by Crippen LogP contribution is 2.21. The lowest BCUT2D eigenvalue weighted by atomic mass is 9.87. The molecular formula is C37H70O5. The molecule has 0 bridgehead atoms. The molecule has 0 amide bonds. The minimum absolute atomic E-state index is 0.0480. The average Bonchev–Trinajstić information content (AvgIpc) is 3.00. The van der Waals surface area contributed by atoms with E-state index >= 15 is 0 Å². The highest BCUT2D eigenvalue weighted by atomic mass is 16.4. The lowest BCUT2D eigenvalue weighted by Crippen LogP contribution is -2.38. The first kappa shape index (κ1) is 41.0. The Morgan fingerprint density at radius 1 is 0.548 bits per heavy atom. The lowest BCUT2D eigenvalue weighted by molar-refractivity contribution is -0.138. The van der Waals surface area contributed by atoms with Gasteiger partial charge in [0.1, 0.15) is 18.0 Å². The van der Waals surface area contributed by atoms with Gasteiger partial charge >= 0.3 is 0 Å². The molecule has 0 heterocycles. The Hall–Kier alpha value is -1.04. The number of aliphatic hydroxyl groups is 3. The minimum atomic E-state index is -1.63. The number of Topliss-reactive ketones (excluding diaryl/α,β-unsaturated/α-hetero) is 2. The molecule has 5 nitrogen and oxygen atoms in total. The zero-order chi connectivity index (χ0) is 31.1. The standard InChI is InChI=1S/C37H70O5/c1-3-5-7-9-11-13-15-17-19-21-23-25-27-29-33(31-35(40)37(42)36(41)32-38)34(39)30-28-26-24-22-20-18-16-14-12-10-8-6-4-2/h17,19,33,36-38,41-42H,3-16,18,20-32H2,1-2H3/b19-17-. The molecule has 3 unspecified atom stereocenters. The molecule has 0 aromatic heterocycles. The molecule has 5 heteroatoms. The summed E-state index contributed by atoms with van der Waals surface area (Å²) in [5.41, 5.74) is 0. The molecule has 0 fully saturated rings. The zero-order valence-corrected chi connectivity index (χ0v) is 27.8. The fraction of sp³-hybridized carbons (Fsp3) is 0.892. The van der Waals surface area contributed by atoms with Crippen molar-refractivity contribution in [1.29, 1.82) is 0 Å². The maximum Gasteiger partial charge on any atom is 0.164 e. The van der Waals surface area contributed by atoms with Gasteiger partial charge in [-0.25, -0.2) is 0 Å². The van der Waals surface area contributed by atoms with Crippen LogP contribution in [0.1, 0.15) is 187 Å². The molecule has 0 aromatic rings. The van der Waals surface area contributed by atoms with E-state index in [1.165, 1.54) is 103 Å². The summed E-state index contributed by atoms with van der Waals surface area (Å²) in [5, 5.41) is 28.8. The summed E-state index contributed by atoms with van der Waals surface area (Å²) >= 11 is 0. The highest BCUT2D eigenvalue weighted by molar-refractivity contribution is 5.90. The van der Waals surface area contributed by atoms with Crippen LogP contribution >= 0.6 is 0 Å². The third-order valence-corrected chi connectivity index (χ3v) is 8.63. The van der Waals surface area contributed by atoms with Crippen molar-refractivity contribution in [3.8, 4) is 0 Å². The smallest absolute Gasteiger partial charge is 0.164 e. The molecule has 0 aromatic carbocycles. The number of unbranched alkanes of at least 4 members (excludes halogenated alkanes) is 21. The third kappa shape index (κ3) is 25.5. The van der Waals surface area contributed by atoms with E-state index in [0.29, 0.717) is 12.8 Å². The maximum atomic E-state index is 13.0. The SMILES string of the molecule is CCCCCCCC/C=C\CCCCCC(CC(=O)C(O)C(O)CO)C(=O)CCCCCCCCCCCCCCC. The van der Waals surface area contributed by atoms with E-state index in [2.05, 4.69) is 26.0 Å². The van der Waals surface area contributed by atoms with Crippen molar-refractivity contribution >= 4 is 11.6 Å². The lowest BCUT2D eigenvalue weighted by Gasteiger charge is -2.19. The molecule has 248 valence electrons. The molecule has 0 rings (SSSR count). The molecule has 0 saturated heterocycles. The number of carbonyl (C=O) groups excluding carboxylic acids is 2. The molecule has 0 aliphatic heterocycles. The van der Waals surface area contributed by atoms with Crippen LogP contribution in [0.25, 0.3) is 0 Å². The molecule has 0 aliphatic rings. The number of allylic oxidation sites excluding steroid dienone is 2. The van der Waals surface area contributed by atoms with Gasteiger partial charge in [0.25, 0.3) is 0 Å². The van der Waals surface area contributed by atoms with E-state index in [1.54, 1.807) is 0 Å². The quantitative estimate of drug-likeness (QED) is 0.0519. The summed E-state index contributed by atoms with van der Waals surface area (Å²) in [6.07, 6.45) is 32.0. The number of rotatable bonds is 33. The summed E-state index contributed by atoms with van der Waals surface area (Å²) in [4.78, 5) is 25.5. The van der Waals surface area contributed by atoms with Crippen LogP contribution in [0, 0.1) is 5.92 Å². The minimum Gasteiger partial charge on any atom is -0.394 e. The van der Waals surface area contributed by atoms with Gasteiger partial charge in [-0.2, -0.15) is 0 Å². The third-order valence-electron chi connectivity index (χ3n) is 8.63. The predicted octanol–water partition coefficient (Wildman–Crippen LogP) is 9.58. The van der Waals surface area contributed by atoms with E-state index in [0.717, 1.165) is 51.4 Å². The largest absolute Gasteiger partial charge is 0.394 e. The van der Waals surface area contributed by atoms with Crippen molar-refractivity contribution in [1.82, 2.24) is 0 Å². The molecule has 3 N–H and O–H groups in total. The van der Waals surface area contributed by atoms with Gasteiger partial charge in [0.15, 0.2) is 5.78 Å². The summed E-state index contributed by atoms with van der Waals surface area (Å²) in [5.74, 6) is -0.840. The molecule has 42 heavy (non-hydrogen) atoms. The maximum absolute atomic E-state index is 13.0. The van der Waals surface area contributed by atoms with Gasteiger partial charge in [-0.1, -0.05) is 148 Å². The summed E-state index contributed by atoms with van der Waals surface area (Å²) < 4.78 is 0. The van der Waals surface area contributed by atoms with Crippen LogP contribution in [0.4, 0.5) is 0 Å². The van der Waals surface area contributed by atoms with Crippen LogP contribution in [-0.4, -0.2) is 45.7 Å². The molecule has 0 spiro atoms. The van der Waals surface area contributed by atoms with E-state index < -0.39 is 30.5 Å². The molecule has 3 atom stereocenters. The second-order valence-electron chi connectivity index (χ2n) is 12.7. The molecular weight excluding hydrogens is 524 g/mol. The Bertz CT molecular complexity index is 632. The van der Waals surface area contributed by atoms with E-state index in [-0.39, 0.29) is 12.2 Å². The van der Waals surface area contributed by atoms with Gasteiger partial charge in [0.2, 0.25) is 0 Å². The second kappa shape index (κ2) is 31.4. The fourth-order valence-electron chi connectivity index (χ4n) is 5.68. The van der Waals surface area contributed by atoms with Gasteiger partial charge in [-0.15, -0.1) is 0 Å². The number of carbonyl (C=O) groups is 2. The van der Waals surface area contributed by atoms with Crippen molar-refractivity contribution in [2.75, 3.05) is 6.61 Å². The summed E-state index contributed by atoms with van der Waals surface area (Å²) in [6, 6.07) is 0. The van der Waals surface area contributed by atoms with Crippen LogP contribution < -0.4 is 0 Å². The van der Waals surface area contributed by atoms with Crippen molar-refractivity contribution in [2.24, 2.45) is 5.92 Å². The fourth-order valence-corrected chi connectivity index (χ4v) is 5.68. The van der Waals surface area contributed by atoms with Crippen molar-refractivity contribution in [2.45, 2.75) is 199 Å². The summed E-state index contributed by atoms with van der Waals surface area (Å²) in [6.45, 7) is 3.83.